The van der Waals surface area contributed by atoms with E-state index >= 15 is 0 Å². The molecule has 0 amide bonds. The molecule has 0 fully saturated rings. The zero-order chi connectivity index (χ0) is 13.5. The van der Waals surface area contributed by atoms with Crippen LogP contribution in [0.15, 0.2) is 33.9 Å². The van der Waals surface area contributed by atoms with Crippen molar-refractivity contribution in [3.05, 3.63) is 35.7 Å². The number of benzene rings is 1. The first-order valence-electron chi connectivity index (χ1n) is 6.01. The topological polar surface area (TPSA) is 68.4 Å². The summed E-state index contributed by atoms with van der Waals surface area (Å²) in [6, 6.07) is 7.75. The number of hydrogen-bond donors (Lipinski definition) is 1. The van der Waals surface area contributed by atoms with Crippen LogP contribution in [0, 0.1) is 0 Å². The first-order valence-corrected chi connectivity index (χ1v) is 7.00. The molecule has 1 heterocycles. The van der Waals surface area contributed by atoms with Crippen LogP contribution in [0.25, 0.3) is 0 Å². The highest BCUT2D eigenvalue weighted by Crippen LogP contribution is 2.22. The summed E-state index contributed by atoms with van der Waals surface area (Å²) in [5.41, 5.74) is 1.01. The van der Waals surface area contributed by atoms with Gasteiger partial charge in [-0.1, -0.05) is 30.0 Å². The van der Waals surface area contributed by atoms with E-state index in [2.05, 4.69) is 10.2 Å². The second-order valence-corrected chi connectivity index (χ2v) is 4.92. The molecule has 0 radical (unpaired) electrons. The van der Waals surface area contributed by atoms with E-state index in [9.17, 15) is 0 Å². The molecular weight excluding hydrogens is 264 g/mol. The van der Waals surface area contributed by atoms with Crippen molar-refractivity contribution in [1.82, 2.24) is 10.2 Å². The molecule has 1 N–H and O–H groups in total. The third-order valence-electron chi connectivity index (χ3n) is 2.51. The van der Waals surface area contributed by atoms with Gasteiger partial charge in [-0.15, -0.1) is 10.2 Å². The minimum Gasteiger partial charge on any atom is -0.496 e. The molecule has 2 rings (SSSR count). The monoisotopic (exact) mass is 280 g/mol. The van der Waals surface area contributed by atoms with Crippen molar-refractivity contribution < 1.29 is 14.3 Å². The van der Waals surface area contributed by atoms with Crippen LogP contribution in [-0.4, -0.2) is 34.8 Å². The maximum atomic E-state index is 8.71. The minimum absolute atomic E-state index is 0.176. The molecule has 0 unspecified atom stereocenters. The van der Waals surface area contributed by atoms with Crippen LogP contribution in [0.1, 0.15) is 17.9 Å². The van der Waals surface area contributed by atoms with Gasteiger partial charge in [0.15, 0.2) is 0 Å². The molecular formula is C13H16N2O3S. The van der Waals surface area contributed by atoms with Crippen LogP contribution in [0.4, 0.5) is 0 Å². The average Bonchev–Trinajstić information content (AvgIpc) is 2.87. The number of aromatic nitrogens is 2. The van der Waals surface area contributed by atoms with E-state index in [0.29, 0.717) is 17.5 Å². The Kier molecular flexibility index (Phi) is 5.23. The van der Waals surface area contributed by atoms with Crippen LogP contribution in [0.2, 0.25) is 0 Å². The highest BCUT2D eigenvalue weighted by molar-refractivity contribution is 7.99. The molecule has 102 valence electrons. The number of thioether (sulfide) groups is 1. The third kappa shape index (κ3) is 3.97. The summed E-state index contributed by atoms with van der Waals surface area (Å²) in [4.78, 5) is 0. The van der Waals surface area contributed by atoms with Gasteiger partial charge in [0.05, 0.1) is 13.5 Å². The Labute approximate surface area is 116 Å². The molecule has 19 heavy (non-hydrogen) atoms. The lowest BCUT2D eigenvalue weighted by Crippen LogP contribution is -1.93. The van der Waals surface area contributed by atoms with Gasteiger partial charge in [-0.25, -0.2) is 0 Å². The second kappa shape index (κ2) is 7.16. The van der Waals surface area contributed by atoms with Crippen LogP contribution in [-0.2, 0) is 6.42 Å². The minimum atomic E-state index is 0.176. The molecule has 0 aliphatic heterocycles. The van der Waals surface area contributed by atoms with Gasteiger partial charge in [0, 0.05) is 17.9 Å². The van der Waals surface area contributed by atoms with Gasteiger partial charge in [-0.05, 0) is 12.5 Å². The van der Waals surface area contributed by atoms with Gasteiger partial charge in [-0.2, -0.15) is 0 Å². The molecule has 1 aromatic carbocycles. The molecule has 0 saturated heterocycles. The zero-order valence-corrected chi connectivity index (χ0v) is 11.5. The van der Waals surface area contributed by atoms with E-state index in [-0.39, 0.29) is 6.61 Å². The molecule has 1 aromatic heterocycles. The van der Waals surface area contributed by atoms with Gasteiger partial charge in [0.25, 0.3) is 5.22 Å². The third-order valence-corrected chi connectivity index (χ3v) is 3.42. The normalized spacial score (nSPS) is 10.6. The number of aliphatic hydroxyl groups is 1. The van der Waals surface area contributed by atoms with Gasteiger partial charge >= 0.3 is 0 Å². The molecule has 5 nitrogen and oxygen atoms in total. The Hall–Kier alpha value is -1.53. The first kappa shape index (κ1) is 13.9. The number of methoxy groups -OCH3 is 1. The van der Waals surface area contributed by atoms with Gasteiger partial charge in [0.1, 0.15) is 5.75 Å². The van der Waals surface area contributed by atoms with E-state index in [0.717, 1.165) is 23.5 Å². The van der Waals surface area contributed by atoms with Crippen molar-refractivity contribution in [1.29, 1.82) is 0 Å². The van der Waals surface area contributed by atoms with Crippen molar-refractivity contribution in [2.45, 2.75) is 18.1 Å². The lowest BCUT2D eigenvalue weighted by atomic mass is 10.1. The van der Waals surface area contributed by atoms with Gasteiger partial charge in [0.2, 0.25) is 5.89 Å². The average molecular weight is 280 g/mol. The predicted molar refractivity (Wildman–Crippen MR) is 72.5 cm³/mol. The Morgan fingerprint density at radius 3 is 2.95 bits per heavy atom. The van der Waals surface area contributed by atoms with E-state index in [1.54, 1.807) is 7.11 Å². The molecule has 0 bridgehead atoms. The molecule has 0 aliphatic carbocycles. The highest BCUT2D eigenvalue weighted by Gasteiger charge is 2.10. The fraction of sp³-hybridized carbons (Fsp3) is 0.385. The van der Waals surface area contributed by atoms with Gasteiger partial charge < -0.3 is 14.3 Å². The van der Waals surface area contributed by atoms with Crippen molar-refractivity contribution in [2.24, 2.45) is 0 Å². The number of rotatable bonds is 7. The summed E-state index contributed by atoms with van der Waals surface area (Å²) < 4.78 is 10.8. The molecule has 6 heteroatoms. The van der Waals surface area contributed by atoms with Crippen LogP contribution >= 0.6 is 11.8 Å². The van der Waals surface area contributed by atoms with Crippen LogP contribution in [0.3, 0.4) is 0 Å². The second-order valence-electron chi connectivity index (χ2n) is 3.88. The summed E-state index contributed by atoms with van der Waals surface area (Å²) >= 11 is 1.45. The standard InChI is InChI=1S/C13H16N2O3S/c1-17-11-6-3-2-5-10(11)9-12-14-15-13(18-12)19-8-4-7-16/h2-3,5-6,16H,4,7-9H2,1H3. The number of aliphatic hydroxyl groups excluding tert-OH is 1. The Balaban J connectivity index is 1.99. The Morgan fingerprint density at radius 2 is 2.16 bits per heavy atom. The van der Waals surface area contributed by atoms with Crippen molar-refractivity contribution in [2.75, 3.05) is 19.5 Å². The Morgan fingerprint density at radius 1 is 1.32 bits per heavy atom. The number of ether oxygens (including phenoxy) is 1. The Bertz CT molecular complexity index is 516. The largest absolute Gasteiger partial charge is 0.496 e. The molecule has 0 atom stereocenters. The van der Waals surface area contributed by atoms with Crippen molar-refractivity contribution >= 4 is 11.8 Å². The smallest absolute Gasteiger partial charge is 0.276 e. The molecule has 0 spiro atoms. The zero-order valence-electron chi connectivity index (χ0n) is 10.7. The van der Waals surface area contributed by atoms with Crippen molar-refractivity contribution in [3.8, 4) is 5.75 Å². The molecule has 0 saturated carbocycles. The van der Waals surface area contributed by atoms with E-state index in [4.69, 9.17) is 14.3 Å². The summed E-state index contributed by atoms with van der Waals surface area (Å²) in [6.45, 7) is 0.176. The molecule has 0 aliphatic rings. The summed E-state index contributed by atoms with van der Waals surface area (Å²) in [7, 11) is 1.64. The van der Waals surface area contributed by atoms with E-state index in [1.165, 1.54) is 11.8 Å². The van der Waals surface area contributed by atoms with E-state index in [1.807, 2.05) is 24.3 Å². The quantitative estimate of drug-likeness (QED) is 0.619. The predicted octanol–water partition coefficient (Wildman–Crippen LogP) is 2.14. The maximum absolute atomic E-state index is 8.71. The fourth-order valence-corrected chi connectivity index (χ4v) is 2.31. The lowest BCUT2D eigenvalue weighted by Gasteiger charge is -2.05. The number of para-hydroxylation sites is 1. The van der Waals surface area contributed by atoms with Gasteiger partial charge in [-0.3, -0.25) is 0 Å². The molecule has 2 aromatic rings. The number of hydrogen-bond acceptors (Lipinski definition) is 6. The number of nitrogens with zero attached hydrogens (tertiary/aromatic N) is 2. The SMILES string of the molecule is COc1ccccc1Cc1nnc(SCCCO)o1. The van der Waals surface area contributed by atoms with Crippen molar-refractivity contribution in [3.63, 3.8) is 0 Å². The highest BCUT2D eigenvalue weighted by atomic mass is 32.2. The fourth-order valence-electron chi connectivity index (χ4n) is 1.60. The maximum Gasteiger partial charge on any atom is 0.276 e. The summed E-state index contributed by atoms with van der Waals surface area (Å²) in [5, 5.41) is 17.2. The van der Waals surface area contributed by atoms with E-state index < -0.39 is 0 Å². The summed E-state index contributed by atoms with van der Waals surface area (Å²) in [6.07, 6.45) is 1.27. The first-order chi connectivity index (χ1) is 9.33. The van der Waals surface area contributed by atoms with Crippen LogP contribution < -0.4 is 4.74 Å². The van der Waals surface area contributed by atoms with Crippen LogP contribution in [0.5, 0.6) is 5.75 Å². The lowest BCUT2D eigenvalue weighted by molar-refractivity contribution is 0.296. The summed E-state index contributed by atoms with van der Waals surface area (Å²) in [5.74, 6) is 2.15.